The highest BCUT2D eigenvalue weighted by atomic mass is 32.2. The quantitative estimate of drug-likeness (QED) is 0.866. The molecule has 1 aliphatic carbocycles. The van der Waals surface area contributed by atoms with E-state index in [1.54, 1.807) is 0 Å². The van der Waals surface area contributed by atoms with Gasteiger partial charge >= 0.3 is 0 Å². The first-order chi connectivity index (χ1) is 9.77. The predicted octanol–water partition coefficient (Wildman–Crippen LogP) is 3.00. The first kappa shape index (κ1) is 15.1. The zero-order chi connectivity index (χ0) is 13.8. The summed E-state index contributed by atoms with van der Waals surface area (Å²) in [5.41, 5.74) is 0.0141. The Kier molecular flexibility index (Phi) is 5.29. The summed E-state index contributed by atoms with van der Waals surface area (Å²) >= 11 is 2.01. The van der Waals surface area contributed by atoms with Crippen LogP contribution in [0.15, 0.2) is 0 Å². The molecule has 1 spiro atoms. The Morgan fingerprint density at radius 2 is 1.85 bits per heavy atom. The number of aliphatic hydroxyl groups excluding tert-OH is 1. The summed E-state index contributed by atoms with van der Waals surface area (Å²) in [7, 11) is 0. The van der Waals surface area contributed by atoms with Crippen LogP contribution in [0.1, 0.15) is 51.4 Å². The molecule has 2 heterocycles. The summed E-state index contributed by atoms with van der Waals surface area (Å²) in [6, 6.07) is 0. The van der Waals surface area contributed by atoms with Crippen molar-refractivity contribution in [2.75, 3.05) is 25.6 Å². The Bertz CT molecular complexity index is 293. The monoisotopic (exact) mass is 300 g/mol. The molecule has 2 unspecified atom stereocenters. The van der Waals surface area contributed by atoms with E-state index in [1.165, 1.54) is 25.7 Å². The smallest absolute Gasteiger partial charge is 0.0730 e. The van der Waals surface area contributed by atoms with E-state index in [9.17, 15) is 5.11 Å². The molecule has 20 heavy (non-hydrogen) atoms. The number of rotatable bonds is 4. The summed E-state index contributed by atoms with van der Waals surface area (Å²) in [6.07, 6.45) is 9.39. The first-order valence-electron chi connectivity index (χ1n) is 8.29. The molecule has 0 radical (unpaired) electrons. The van der Waals surface area contributed by atoms with Gasteiger partial charge in [-0.1, -0.05) is 12.8 Å². The van der Waals surface area contributed by atoms with Crippen LogP contribution >= 0.6 is 11.8 Å². The number of ether oxygens (including phenoxy) is 2. The van der Waals surface area contributed by atoms with E-state index < -0.39 is 0 Å². The topological polar surface area (TPSA) is 38.7 Å². The number of thioether (sulfide) groups is 1. The van der Waals surface area contributed by atoms with Crippen LogP contribution < -0.4 is 0 Å². The molecule has 3 nitrogen and oxygen atoms in total. The lowest BCUT2D eigenvalue weighted by Crippen LogP contribution is -2.47. The third-order valence-corrected chi connectivity index (χ3v) is 6.76. The van der Waals surface area contributed by atoms with Gasteiger partial charge < -0.3 is 14.6 Å². The summed E-state index contributed by atoms with van der Waals surface area (Å²) < 4.78 is 11.5. The van der Waals surface area contributed by atoms with Crippen LogP contribution in [0.4, 0.5) is 0 Å². The van der Waals surface area contributed by atoms with Crippen molar-refractivity contribution < 1.29 is 14.6 Å². The van der Waals surface area contributed by atoms with Crippen molar-refractivity contribution in [3.63, 3.8) is 0 Å². The zero-order valence-electron chi connectivity index (χ0n) is 12.4. The van der Waals surface area contributed by atoms with Crippen molar-refractivity contribution in [1.29, 1.82) is 0 Å². The molecular formula is C16H28O3S. The fourth-order valence-corrected chi connectivity index (χ4v) is 5.32. The lowest BCUT2D eigenvalue weighted by molar-refractivity contribution is -0.156. The number of hydrogen-bond donors (Lipinski definition) is 1. The maximum absolute atomic E-state index is 10.5. The van der Waals surface area contributed by atoms with Crippen molar-refractivity contribution in [3.05, 3.63) is 0 Å². The molecule has 3 fully saturated rings. The SMILES string of the molecule is OC(CSC1CCCC1)C1CCOC2(CCOCC2)C1. The van der Waals surface area contributed by atoms with Crippen LogP contribution in [0, 0.1) is 5.92 Å². The standard InChI is InChI=1S/C16H28O3S/c17-15(12-20-14-3-1-2-4-14)13-5-8-19-16(11-13)6-9-18-10-7-16/h13-15,17H,1-12H2. The second kappa shape index (κ2) is 6.99. The molecule has 3 aliphatic rings. The highest BCUT2D eigenvalue weighted by molar-refractivity contribution is 7.99. The molecule has 0 aromatic rings. The molecule has 1 saturated carbocycles. The van der Waals surface area contributed by atoms with Gasteiger partial charge in [0.2, 0.25) is 0 Å². The Morgan fingerprint density at radius 1 is 1.10 bits per heavy atom. The molecule has 0 aromatic carbocycles. The predicted molar refractivity (Wildman–Crippen MR) is 82.2 cm³/mol. The average molecular weight is 300 g/mol. The van der Waals surface area contributed by atoms with Gasteiger partial charge in [0, 0.05) is 30.8 Å². The lowest BCUT2D eigenvalue weighted by Gasteiger charge is -2.44. The van der Waals surface area contributed by atoms with E-state index in [2.05, 4.69) is 0 Å². The Morgan fingerprint density at radius 3 is 2.60 bits per heavy atom. The second-order valence-corrected chi connectivity index (χ2v) is 8.04. The highest BCUT2D eigenvalue weighted by Gasteiger charge is 2.41. The minimum atomic E-state index is -0.149. The Labute approximate surface area is 126 Å². The minimum absolute atomic E-state index is 0.0141. The van der Waals surface area contributed by atoms with E-state index >= 15 is 0 Å². The van der Waals surface area contributed by atoms with Gasteiger partial charge in [-0.2, -0.15) is 11.8 Å². The molecule has 3 rings (SSSR count). The van der Waals surface area contributed by atoms with E-state index in [0.717, 1.165) is 56.5 Å². The van der Waals surface area contributed by atoms with Crippen LogP contribution in [0.2, 0.25) is 0 Å². The van der Waals surface area contributed by atoms with Crippen LogP contribution in [0.3, 0.4) is 0 Å². The van der Waals surface area contributed by atoms with Gasteiger partial charge in [0.15, 0.2) is 0 Å². The van der Waals surface area contributed by atoms with Crippen LogP contribution in [-0.2, 0) is 9.47 Å². The number of aliphatic hydroxyl groups is 1. The third kappa shape index (κ3) is 3.70. The second-order valence-electron chi connectivity index (χ2n) is 6.70. The van der Waals surface area contributed by atoms with E-state index in [-0.39, 0.29) is 11.7 Å². The first-order valence-corrected chi connectivity index (χ1v) is 9.34. The van der Waals surface area contributed by atoms with Gasteiger partial charge in [-0.15, -0.1) is 0 Å². The maximum Gasteiger partial charge on any atom is 0.0730 e. The van der Waals surface area contributed by atoms with Crippen LogP contribution in [-0.4, -0.2) is 47.6 Å². The summed E-state index contributed by atoms with van der Waals surface area (Å²) in [4.78, 5) is 0. The fraction of sp³-hybridized carbons (Fsp3) is 1.00. The van der Waals surface area contributed by atoms with Gasteiger partial charge in [-0.25, -0.2) is 0 Å². The van der Waals surface area contributed by atoms with Crippen molar-refractivity contribution in [1.82, 2.24) is 0 Å². The summed E-state index contributed by atoms with van der Waals surface area (Å²) in [6.45, 7) is 2.45. The van der Waals surface area contributed by atoms with E-state index in [0.29, 0.717) is 5.92 Å². The molecular weight excluding hydrogens is 272 g/mol. The summed E-state index contributed by atoms with van der Waals surface area (Å²) in [5.74, 6) is 1.35. The normalized spacial score (nSPS) is 32.5. The lowest BCUT2D eigenvalue weighted by atomic mass is 9.79. The van der Waals surface area contributed by atoms with Crippen molar-refractivity contribution in [2.45, 2.75) is 68.3 Å². The molecule has 2 aliphatic heterocycles. The van der Waals surface area contributed by atoms with Crippen molar-refractivity contribution in [2.24, 2.45) is 5.92 Å². The number of hydrogen-bond acceptors (Lipinski definition) is 4. The Balaban J connectivity index is 1.47. The van der Waals surface area contributed by atoms with Crippen LogP contribution in [0.5, 0.6) is 0 Å². The molecule has 1 N–H and O–H groups in total. The van der Waals surface area contributed by atoms with Gasteiger partial charge in [0.05, 0.1) is 11.7 Å². The zero-order valence-corrected chi connectivity index (χ0v) is 13.2. The molecule has 2 saturated heterocycles. The average Bonchev–Trinajstić information content (AvgIpc) is 2.99. The van der Waals surface area contributed by atoms with E-state index in [4.69, 9.17) is 9.47 Å². The molecule has 116 valence electrons. The van der Waals surface area contributed by atoms with Gasteiger partial charge in [0.25, 0.3) is 0 Å². The minimum Gasteiger partial charge on any atom is -0.392 e. The molecule has 0 aromatic heterocycles. The van der Waals surface area contributed by atoms with Gasteiger partial charge in [-0.3, -0.25) is 0 Å². The summed E-state index contributed by atoms with van der Waals surface area (Å²) in [5, 5.41) is 11.3. The molecule has 0 amide bonds. The largest absolute Gasteiger partial charge is 0.392 e. The van der Waals surface area contributed by atoms with Gasteiger partial charge in [-0.05, 0) is 44.4 Å². The third-order valence-electron chi connectivity index (χ3n) is 5.28. The molecule has 0 bridgehead atoms. The van der Waals surface area contributed by atoms with E-state index in [1.807, 2.05) is 11.8 Å². The highest BCUT2D eigenvalue weighted by Crippen LogP contribution is 2.39. The molecule has 4 heteroatoms. The maximum atomic E-state index is 10.5. The van der Waals surface area contributed by atoms with Crippen molar-refractivity contribution >= 4 is 11.8 Å². The van der Waals surface area contributed by atoms with Crippen molar-refractivity contribution in [3.8, 4) is 0 Å². The molecule has 2 atom stereocenters. The van der Waals surface area contributed by atoms with Gasteiger partial charge in [0.1, 0.15) is 0 Å². The van der Waals surface area contributed by atoms with Crippen LogP contribution in [0.25, 0.3) is 0 Å². The fourth-order valence-electron chi connectivity index (χ4n) is 3.91. The Hall–Kier alpha value is 0.230.